The van der Waals surface area contributed by atoms with E-state index in [4.69, 9.17) is 4.74 Å². The molecule has 0 heterocycles. The second-order valence-corrected chi connectivity index (χ2v) is 5.14. The van der Waals surface area contributed by atoms with Crippen LogP contribution in [0.2, 0.25) is 0 Å². The standard InChI is InChI=1S/C16H30O2/c1-5-14(3)12-10-8-7-9-11-13-15(4)16(17)18-6-2/h14H,4-13H2,1-3H3. The molecule has 0 radical (unpaired) electrons. The fourth-order valence-corrected chi connectivity index (χ4v) is 1.90. The molecule has 0 aromatic rings. The Morgan fingerprint density at radius 2 is 1.72 bits per heavy atom. The Bertz CT molecular complexity index is 233. The van der Waals surface area contributed by atoms with E-state index >= 15 is 0 Å². The third-order valence-electron chi connectivity index (χ3n) is 3.44. The second kappa shape index (κ2) is 11.3. The van der Waals surface area contributed by atoms with Gasteiger partial charge >= 0.3 is 5.97 Å². The SMILES string of the molecule is C=C(CCCCCCCC(C)CC)C(=O)OCC. The third-order valence-corrected chi connectivity index (χ3v) is 3.44. The molecule has 2 nitrogen and oxygen atoms in total. The van der Waals surface area contributed by atoms with Gasteiger partial charge in [0.2, 0.25) is 0 Å². The van der Waals surface area contributed by atoms with Crippen LogP contribution in [0.4, 0.5) is 0 Å². The van der Waals surface area contributed by atoms with Gasteiger partial charge in [-0.05, 0) is 25.7 Å². The lowest BCUT2D eigenvalue weighted by Crippen LogP contribution is -2.06. The first-order valence-corrected chi connectivity index (χ1v) is 7.46. The van der Waals surface area contributed by atoms with Crippen LogP contribution in [-0.2, 0) is 9.53 Å². The zero-order chi connectivity index (χ0) is 13.8. The molecular formula is C16H30O2. The molecule has 0 saturated heterocycles. The van der Waals surface area contributed by atoms with Gasteiger partial charge in [0, 0.05) is 5.57 Å². The van der Waals surface area contributed by atoms with Crippen LogP contribution >= 0.6 is 0 Å². The van der Waals surface area contributed by atoms with Gasteiger partial charge in [0.1, 0.15) is 0 Å². The fraction of sp³-hybridized carbons (Fsp3) is 0.812. The lowest BCUT2D eigenvalue weighted by Gasteiger charge is -2.08. The largest absolute Gasteiger partial charge is 0.463 e. The average molecular weight is 254 g/mol. The van der Waals surface area contributed by atoms with E-state index in [0.29, 0.717) is 12.2 Å². The van der Waals surface area contributed by atoms with Crippen molar-refractivity contribution in [3.05, 3.63) is 12.2 Å². The van der Waals surface area contributed by atoms with Crippen molar-refractivity contribution in [2.45, 2.75) is 72.1 Å². The Hall–Kier alpha value is -0.790. The van der Waals surface area contributed by atoms with Crippen molar-refractivity contribution in [3.8, 4) is 0 Å². The van der Waals surface area contributed by atoms with Crippen molar-refractivity contribution in [1.82, 2.24) is 0 Å². The van der Waals surface area contributed by atoms with Crippen LogP contribution in [0.15, 0.2) is 12.2 Å². The number of carbonyl (C=O) groups excluding carboxylic acids is 1. The lowest BCUT2D eigenvalue weighted by molar-refractivity contribution is -0.138. The maximum Gasteiger partial charge on any atom is 0.333 e. The van der Waals surface area contributed by atoms with Crippen LogP contribution < -0.4 is 0 Å². The van der Waals surface area contributed by atoms with Crippen molar-refractivity contribution >= 4 is 5.97 Å². The van der Waals surface area contributed by atoms with Crippen molar-refractivity contribution < 1.29 is 9.53 Å². The Morgan fingerprint density at radius 3 is 2.33 bits per heavy atom. The summed E-state index contributed by atoms with van der Waals surface area (Å²) in [6, 6.07) is 0. The number of unbranched alkanes of at least 4 members (excludes halogenated alkanes) is 4. The zero-order valence-corrected chi connectivity index (χ0v) is 12.5. The lowest BCUT2D eigenvalue weighted by atomic mass is 9.99. The Kier molecular flexibility index (Phi) is 10.8. The predicted octanol–water partition coefficient (Wildman–Crippen LogP) is 4.88. The summed E-state index contributed by atoms with van der Waals surface area (Å²) in [5.74, 6) is 0.642. The summed E-state index contributed by atoms with van der Waals surface area (Å²) in [7, 11) is 0. The molecule has 0 rings (SSSR count). The predicted molar refractivity (Wildman–Crippen MR) is 77.5 cm³/mol. The molecule has 106 valence electrons. The van der Waals surface area contributed by atoms with E-state index in [1.54, 1.807) is 0 Å². The second-order valence-electron chi connectivity index (χ2n) is 5.14. The monoisotopic (exact) mass is 254 g/mol. The Labute approximate surface area is 113 Å². The van der Waals surface area contributed by atoms with E-state index < -0.39 is 0 Å². The molecule has 18 heavy (non-hydrogen) atoms. The molecule has 0 bridgehead atoms. The molecule has 0 fully saturated rings. The maximum atomic E-state index is 11.3. The first-order chi connectivity index (χ1) is 8.61. The average Bonchev–Trinajstić information content (AvgIpc) is 2.37. The molecule has 0 aliphatic carbocycles. The quantitative estimate of drug-likeness (QED) is 0.298. The van der Waals surface area contributed by atoms with Crippen LogP contribution in [-0.4, -0.2) is 12.6 Å². The van der Waals surface area contributed by atoms with Crippen LogP contribution in [0, 0.1) is 5.92 Å². The minimum absolute atomic E-state index is 0.228. The van der Waals surface area contributed by atoms with Gasteiger partial charge in [-0.3, -0.25) is 0 Å². The topological polar surface area (TPSA) is 26.3 Å². The maximum absolute atomic E-state index is 11.3. The highest BCUT2D eigenvalue weighted by atomic mass is 16.5. The van der Waals surface area contributed by atoms with E-state index in [2.05, 4.69) is 20.4 Å². The molecule has 0 aliphatic rings. The van der Waals surface area contributed by atoms with Crippen LogP contribution in [0.1, 0.15) is 72.1 Å². The summed E-state index contributed by atoms with van der Waals surface area (Å²) in [5, 5.41) is 0. The van der Waals surface area contributed by atoms with Crippen molar-refractivity contribution in [3.63, 3.8) is 0 Å². The van der Waals surface area contributed by atoms with Gasteiger partial charge in [0.15, 0.2) is 0 Å². The summed E-state index contributed by atoms with van der Waals surface area (Å²) < 4.78 is 4.90. The Balaban J connectivity index is 3.35. The van der Waals surface area contributed by atoms with E-state index in [9.17, 15) is 4.79 Å². The smallest absolute Gasteiger partial charge is 0.333 e. The number of rotatable bonds is 11. The molecule has 1 atom stereocenters. The van der Waals surface area contributed by atoms with Gasteiger partial charge in [-0.1, -0.05) is 59.0 Å². The zero-order valence-electron chi connectivity index (χ0n) is 12.5. The summed E-state index contributed by atoms with van der Waals surface area (Å²) in [4.78, 5) is 11.3. The first-order valence-electron chi connectivity index (χ1n) is 7.46. The third kappa shape index (κ3) is 9.26. The number of hydrogen-bond donors (Lipinski definition) is 0. The van der Waals surface area contributed by atoms with Crippen molar-refractivity contribution in [1.29, 1.82) is 0 Å². The summed E-state index contributed by atoms with van der Waals surface area (Å²) >= 11 is 0. The molecule has 2 heteroatoms. The van der Waals surface area contributed by atoms with Crippen molar-refractivity contribution in [2.75, 3.05) is 6.61 Å². The Morgan fingerprint density at radius 1 is 1.11 bits per heavy atom. The molecule has 1 unspecified atom stereocenters. The van der Waals surface area contributed by atoms with Crippen molar-refractivity contribution in [2.24, 2.45) is 5.92 Å². The van der Waals surface area contributed by atoms with E-state index in [-0.39, 0.29) is 5.97 Å². The van der Waals surface area contributed by atoms with Gasteiger partial charge in [-0.15, -0.1) is 0 Å². The molecule has 0 N–H and O–H groups in total. The highest BCUT2D eigenvalue weighted by Gasteiger charge is 2.06. The number of hydrogen-bond acceptors (Lipinski definition) is 2. The van der Waals surface area contributed by atoms with Gasteiger partial charge in [0.05, 0.1) is 6.61 Å². The molecule has 0 aliphatic heterocycles. The molecule has 0 amide bonds. The number of carbonyl (C=O) groups is 1. The highest BCUT2D eigenvalue weighted by molar-refractivity contribution is 5.87. The van der Waals surface area contributed by atoms with E-state index in [1.807, 2.05) is 6.92 Å². The molecular weight excluding hydrogens is 224 g/mol. The summed E-state index contributed by atoms with van der Waals surface area (Å²) in [5.41, 5.74) is 0.622. The van der Waals surface area contributed by atoms with E-state index in [0.717, 1.165) is 18.8 Å². The first kappa shape index (κ1) is 17.2. The summed E-state index contributed by atoms with van der Waals surface area (Å²) in [6.07, 6.45) is 9.60. The minimum Gasteiger partial charge on any atom is -0.463 e. The minimum atomic E-state index is -0.228. The molecule has 0 saturated carbocycles. The highest BCUT2D eigenvalue weighted by Crippen LogP contribution is 2.15. The van der Waals surface area contributed by atoms with Gasteiger partial charge < -0.3 is 4.74 Å². The summed E-state index contributed by atoms with van der Waals surface area (Å²) in [6.45, 7) is 10.6. The van der Waals surface area contributed by atoms with E-state index in [1.165, 1.54) is 38.5 Å². The van der Waals surface area contributed by atoms with Gasteiger partial charge in [-0.25, -0.2) is 4.79 Å². The number of ether oxygens (including phenoxy) is 1. The molecule has 0 aromatic carbocycles. The van der Waals surface area contributed by atoms with Gasteiger partial charge in [-0.2, -0.15) is 0 Å². The molecule has 0 aromatic heterocycles. The van der Waals surface area contributed by atoms with Gasteiger partial charge in [0.25, 0.3) is 0 Å². The number of esters is 1. The molecule has 0 spiro atoms. The normalized spacial score (nSPS) is 12.2. The van der Waals surface area contributed by atoms with Crippen LogP contribution in [0.3, 0.4) is 0 Å². The fourth-order valence-electron chi connectivity index (χ4n) is 1.90. The van der Waals surface area contributed by atoms with Crippen LogP contribution in [0.5, 0.6) is 0 Å². The van der Waals surface area contributed by atoms with Crippen LogP contribution in [0.25, 0.3) is 0 Å².